The van der Waals surface area contributed by atoms with Crippen LogP contribution in [-0.2, 0) is 9.47 Å². The molecule has 0 radical (unpaired) electrons. The maximum absolute atomic E-state index is 11.1. The Morgan fingerprint density at radius 2 is 2.07 bits per heavy atom. The molecule has 0 rings (SSSR count). The molecule has 0 fully saturated rings. The molecule has 0 aromatic carbocycles. The summed E-state index contributed by atoms with van der Waals surface area (Å²) in [6.07, 6.45) is 0.839. The van der Waals surface area contributed by atoms with Crippen molar-refractivity contribution in [2.45, 2.75) is 19.4 Å². The number of amides is 2. The molecule has 5 nitrogen and oxygen atoms in total. The highest BCUT2D eigenvalue weighted by Crippen LogP contribution is 1.88. The van der Waals surface area contributed by atoms with Crippen molar-refractivity contribution in [2.24, 2.45) is 0 Å². The van der Waals surface area contributed by atoms with E-state index in [1.54, 1.807) is 14.2 Å². The molecule has 0 saturated heterocycles. The van der Waals surface area contributed by atoms with Gasteiger partial charge in [0.25, 0.3) is 0 Å². The third kappa shape index (κ3) is 6.68. The van der Waals surface area contributed by atoms with Gasteiger partial charge in [0.1, 0.15) is 0 Å². The van der Waals surface area contributed by atoms with Crippen LogP contribution in [0.2, 0.25) is 0 Å². The zero-order valence-corrected chi connectivity index (χ0v) is 9.13. The normalized spacial score (nSPS) is 12.2. The van der Waals surface area contributed by atoms with Crippen molar-refractivity contribution >= 4 is 6.03 Å². The van der Waals surface area contributed by atoms with Gasteiger partial charge in [-0.25, -0.2) is 4.79 Å². The van der Waals surface area contributed by atoms with E-state index in [1.165, 1.54) is 0 Å². The lowest BCUT2D eigenvalue weighted by molar-refractivity contribution is 0.0304. The molecule has 0 aromatic rings. The average Bonchev–Trinajstić information content (AvgIpc) is 2.21. The Balaban J connectivity index is 3.52. The summed E-state index contributed by atoms with van der Waals surface area (Å²) in [6.45, 7) is 3.63. The van der Waals surface area contributed by atoms with Crippen LogP contribution in [0, 0.1) is 0 Å². The summed E-state index contributed by atoms with van der Waals surface area (Å²) in [5.41, 5.74) is 0. The van der Waals surface area contributed by atoms with Gasteiger partial charge in [-0.15, -0.1) is 0 Å². The molecule has 14 heavy (non-hydrogen) atoms. The minimum atomic E-state index is -0.162. The zero-order chi connectivity index (χ0) is 10.8. The highest BCUT2D eigenvalue weighted by molar-refractivity contribution is 5.73. The Kier molecular flexibility index (Phi) is 8.27. The molecule has 84 valence electrons. The molecule has 0 bridgehead atoms. The van der Waals surface area contributed by atoms with Crippen molar-refractivity contribution in [2.75, 3.05) is 33.9 Å². The number of carbonyl (C=O) groups excluding carboxylic acids is 1. The summed E-state index contributed by atoms with van der Waals surface area (Å²) >= 11 is 0. The zero-order valence-electron chi connectivity index (χ0n) is 9.13. The quantitative estimate of drug-likeness (QED) is 0.629. The van der Waals surface area contributed by atoms with E-state index in [0.717, 1.165) is 6.42 Å². The molecule has 5 heteroatoms. The van der Waals surface area contributed by atoms with Crippen LogP contribution in [0.15, 0.2) is 0 Å². The van der Waals surface area contributed by atoms with Gasteiger partial charge in [0, 0.05) is 27.3 Å². The molecule has 0 aliphatic heterocycles. The van der Waals surface area contributed by atoms with Crippen LogP contribution >= 0.6 is 0 Å². The lowest BCUT2D eigenvalue weighted by Crippen LogP contribution is -2.41. The number of rotatable bonds is 7. The molecule has 0 aliphatic rings. The minimum absolute atomic E-state index is 0.0904. The van der Waals surface area contributed by atoms with E-state index in [2.05, 4.69) is 10.6 Å². The first kappa shape index (κ1) is 13.2. The van der Waals surface area contributed by atoms with Crippen LogP contribution in [0.3, 0.4) is 0 Å². The average molecular weight is 204 g/mol. The molecule has 0 saturated carbocycles. The molecular formula is C9H20N2O3. The van der Waals surface area contributed by atoms with E-state index in [9.17, 15) is 4.79 Å². The SMILES string of the molecule is CCCNC(=O)NCC(COC)OC. The molecule has 0 aliphatic carbocycles. The van der Waals surface area contributed by atoms with Gasteiger partial charge in [-0.2, -0.15) is 0 Å². The lowest BCUT2D eigenvalue weighted by Gasteiger charge is -2.15. The minimum Gasteiger partial charge on any atom is -0.382 e. The molecule has 1 unspecified atom stereocenters. The third-order valence-corrected chi connectivity index (χ3v) is 1.71. The highest BCUT2D eigenvalue weighted by Gasteiger charge is 2.07. The van der Waals surface area contributed by atoms with Crippen LogP contribution in [0.4, 0.5) is 4.79 Å². The van der Waals surface area contributed by atoms with Gasteiger partial charge in [0.2, 0.25) is 0 Å². The van der Waals surface area contributed by atoms with Crippen LogP contribution < -0.4 is 10.6 Å². The number of ether oxygens (including phenoxy) is 2. The summed E-state index contributed by atoms with van der Waals surface area (Å²) in [6, 6.07) is -0.162. The van der Waals surface area contributed by atoms with E-state index < -0.39 is 0 Å². The Morgan fingerprint density at radius 1 is 1.36 bits per heavy atom. The fourth-order valence-corrected chi connectivity index (χ4v) is 0.904. The first-order valence-electron chi connectivity index (χ1n) is 4.78. The number of carbonyl (C=O) groups is 1. The lowest BCUT2D eigenvalue weighted by atomic mass is 10.4. The summed E-state index contributed by atoms with van der Waals surface area (Å²) in [7, 11) is 3.19. The topological polar surface area (TPSA) is 59.6 Å². The van der Waals surface area contributed by atoms with E-state index in [0.29, 0.717) is 19.7 Å². The standard InChI is InChI=1S/C9H20N2O3/c1-4-5-10-9(12)11-6-8(14-3)7-13-2/h8H,4-7H2,1-3H3,(H2,10,11,12). The Morgan fingerprint density at radius 3 is 2.57 bits per heavy atom. The van der Waals surface area contributed by atoms with Crippen molar-refractivity contribution < 1.29 is 14.3 Å². The summed E-state index contributed by atoms with van der Waals surface area (Å²) in [5, 5.41) is 5.41. The molecule has 1 atom stereocenters. The van der Waals surface area contributed by atoms with Crippen molar-refractivity contribution in [1.82, 2.24) is 10.6 Å². The maximum Gasteiger partial charge on any atom is 0.314 e. The predicted molar refractivity (Wildman–Crippen MR) is 54.4 cm³/mol. The van der Waals surface area contributed by atoms with Gasteiger partial charge in [-0.05, 0) is 6.42 Å². The number of hydrogen-bond acceptors (Lipinski definition) is 3. The van der Waals surface area contributed by atoms with Crippen molar-refractivity contribution in [3.63, 3.8) is 0 Å². The van der Waals surface area contributed by atoms with Crippen LogP contribution in [0.5, 0.6) is 0 Å². The van der Waals surface area contributed by atoms with Gasteiger partial charge in [0.15, 0.2) is 0 Å². The second-order valence-electron chi connectivity index (χ2n) is 2.95. The van der Waals surface area contributed by atoms with Crippen LogP contribution in [0.25, 0.3) is 0 Å². The van der Waals surface area contributed by atoms with Crippen LogP contribution in [0.1, 0.15) is 13.3 Å². The largest absolute Gasteiger partial charge is 0.382 e. The summed E-state index contributed by atoms with van der Waals surface area (Å²) < 4.78 is 9.99. The number of methoxy groups -OCH3 is 2. The number of hydrogen-bond donors (Lipinski definition) is 2. The first-order valence-corrected chi connectivity index (χ1v) is 4.78. The predicted octanol–water partition coefficient (Wildman–Crippen LogP) is 0.357. The second kappa shape index (κ2) is 8.77. The monoisotopic (exact) mass is 204 g/mol. The fourth-order valence-electron chi connectivity index (χ4n) is 0.904. The Labute approximate surface area is 85.1 Å². The summed E-state index contributed by atoms with van der Waals surface area (Å²) in [4.78, 5) is 11.1. The molecule has 0 heterocycles. The molecule has 2 amide bonds. The van der Waals surface area contributed by atoms with E-state index >= 15 is 0 Å². The molecular weight excluding hydrogens is 184 g/mol. The summed E-state index contributed by atoms with van der Waals surface area (Å²) in [5.74, 6) is 0. The van der Waals surface area contributed by atoms with Gasteiger partial charge in [0.05, 0.1) is 12.7 Å². The Hall–Kier alpha value is -0.810. The smallest absolute Gasteiger partial charge is 0.314 e. The third-order valence-electron chi connectivity index (χ3n) is 1.71. The van der Waals surface area contributed by atoms with E-state index in [1.807, 2.05) is 6.92 Å². The highest BCUT2D eigenvalue weighted by atomic mass is 16.5. The van der Waals surface area contributed by atoms with Gasteiger partial charge >= 0.3 is 6.03 Å². The van der Waals surface area contributed by atoms with Crippen molar-refractivity contribution in [3.05, 3.63) is 0 Å². The number of urea groups is 1. The van der Waals surface area contributed by atoms with Crippen LogP contribution in [-0.4, -0.2) is 46.1 Å². The van der Waals surface area contributed by atoms with Crippen molar-refractivity contribution in [3.8, 4) is 0 Å². The second-order valence-corrected chi connectivity index (χ2v) is 2.95. The van der Waals surface area contributed by atoms with E-state index in [4.69, 9.17) is 9.47 Å². The molecule has 2 N–H and O–H groups in total. The van der Waals surface area contributed by atoms with Crippen molar-refractivity contribution in [1.29, 1.82) is 0 Å². The van der Waals surface area contributed by atoms with Gasteiger partial charge in [-0.1, -0.05) is 6.92 Å². The molecule has 0 aromatic heterocycles. The van der Waals surface area contributed by atoms with Gasteiger partial charge in [-0.3, -0.25) is 0 Å². The Bertz CT molecular complexity index is 153. The fraction of sp³-hybridized carbons (Fsp3) is 0.889. The first-order chi connectivity index (χ1) is 6.74. The van der Waals surface area contributed by atoms with Gasteiger partial charge < -0.3 is 20.1 Å². The van der Waals surface area contributed by atoms with E-state index in [-0.39, 0.29) is 12.1 Å². The number of nitrogens with one attached hydrogen (secondary N) is 2. The molecule has 0 spiro atoms. The maximum atomic E-state index is 11.1.